The number of piperazine rings is 1. The van der Waals surface area contributed by atoms with Gasteiger partial charge in [0.05, 0.1) is 10.4 Å². The number of sulfonamides is 1. The van der Waals surface area contributed by atoms with E-state index >= 15 is 0 Å². The normalized spacial score (nSPS) is 16.8. The van der Waals surface area contributed by atoms with E-state index in [1.54, 1.807) is 6.07 Å². The SMILES string of the molecule is Cc1ccc(CN2CCN(S(=O)(=O)c3ccc4[nH]c(=O)oc4c3)CC2)cc1. The predicted octanol–water partition coefficient (Wildman–Crippen LogP) is 1.94. The molecule has 1 aromatic heterocycles. The number of aryl methyl sites for hydroxylation is 1. The Bertz CT molecular complexity index is 1110. The maximum Gasteiger partial charge on any atom is 0.417 e. The number of aromatic nitrogens is 1. The highest BCUT2D eigenvalue weighted by Crippen LogP contribution is 2.22. The van der Waals surface area contributed by atoms with E-state index in [-0.39, 0.29) is 10.5 Å². The third-order valence-electron chi connectivity index (χ3n) is 4.89. The van der Waals surface area contributed by atoms with Crippen LogP contribution in [0.3, 0.4) is 0 Å². The quantitative estimate of drug-likeness (QED) is 0.739. The van der Waals surface area contributed by atoms with Gasteiger partial charge in [-0.2, -0.15) is 4.31 Å². The van der Waals surface area contributed by atoms with Crippen LogP contribution in [0.25, 0.3) is 11.1 Å². The van der Waals surface area contributed by atoms with Crippen LogP contribution in [0.5, 0.6) is 0 Å². The molecule has 27 heavy (non-hydrogen) atoms. The van der Waals surface area contributed by atoms with Gasteiger partial charge in [-0.25, -0.2) is 13.2 Å². The number of fused-ring (bicyclic) bond motifs is 1. The smallest absolute Gasteiger partial charge is 0.408 e. The van der Waals surface area contributed by atoms with Gasteiger partial charge in [-0.15, -0.1) is 0 Å². The Morgan fingerprint density at radius 1 is 1.04 bits per heavy atom. The van der Waals surface area contributed by atoms with Gasteiger partial charge in [-0.05, 0) is 24.6 Å². The van der Waals surface area contributed by atoms with Crippen molar-refractivity contribution in [2.45, 2.75) is 18.4 Å². The van der Waals surface area contributed by atoms with Crippen LogP contribution < -0.4 is 5.76 Å². The lowest BCUT2D eigenvalue weighted by atomic mass is 10.1. The molecule has 2 heterocycles. The lowest BCUT2D eigenvalue weighted by Crippen LogP contribution is -2.48. The average Bonchev–Trinajstić information content (AvgIpc) is 3.03. The first kappa shape index (κ1) is 18.0. The third kappa shape index (κ3) is 3.69. The molecule has 0 unspecified atom stereocenters. The standard InChI is InChI=1S/C19H21N3O4S/c1-14-2-4-15(5-3-14)13-21-8-10-22(11-9-21)27(24,25)16-6-7-17-18(12-16)26-19(23)20-17/h2-7,12H,8-11,13H2,1H3,(H,20,23). The van der Waals surface area contributed by atoms with Crippen LogP contribution in [-0.2, 0) is 16.6 Å². The third-order valence-corrected chi connectivity index (χ3v) is 6.78. The van der Waals surface area contributed by atoms with Gasteiger partial charge in [0.2, 0.25) is 10.0 Å². The van der Waals surface area contributed by atoms with Crippen molar-refractivity contribution in [3.63, 3.8) is 0 Å². The molecule has 0 radical (unpaired) electrons. The molecule has 4 rings (SSSR count). The second kappa shape index (κ2) is 6.95. The highest BCUT2D eigenvalue weighted by Gasteiger charge is 2.29. The molecule has 0 saturated carbocycles. The maximum atomic E-state index is 12.9. The van der Waals surface area contributed by atoms with E-state index in [4.69, 9.17) is 4.42 Å². The minimum atomic E-state index is -3.62. The highest BCUT2D eigenvalue weighted by atomic mass is 32.2. The summed E-state index contributed by atoms with van der Waals surface area (Å²) in [4.78, 5) is 16.2. The number of nitrogens with one attached hydrogen (secondary N) is 1. The van der Waals surface area contributed by atoms with Crippen molar-refractivity contribution in [3.8, 4) is 0 Å². The van der Waals surface area contributed by atoms with Crippen LogP contribution in [0.4, 0.5) is 0 Å². The van der Waals surface area contributed by atoms with Crippen LogP contribution in [0.1, 0.15) is 11.1 Å². The van der Waals surface area contributed by atoms with E-state index in [1.165, 1.54) is 27.6 Å². The topological polar surface area (TPSA) is 86.6 Å². The fourth-order valence-electron chi connectivity index (χ4n) is 3.31. The zero-order valence-electron chi connectivity index (χ0n) is 15.0. The Hall–Kier alpha value is -2.42. The molecule has 3 aromatic rings. The molecule has 0 atom stereocenters. The van der Waals surface area contributed by atoms with Crippen molar-refractivity contribution in [1.82, 2.24) is 14.2 Å². The fraction of sp³-hybridized carbons (Fsp3) is 0.316. The van der Waals surface area contributed by atoms with Crippen molar-refractivity contribution >= 4 is 21.1 Å². The Morgan fingerprint density at radius 2 is 1.74 bits per heavy atom. The molecule has 0 bridgehead atoms. The van der Waals surface area contributed by atoms with E-state index in [0.29, 0.717) is 31.7 Å². The van der Waals surface area contributed by atoms with Crippen LogP contribution in [-0.4, -0.2) is 48.8 Å². The van der Waals surface area contributed by atoms with Crippen LogP contribution >= 0.6 is 0 Å². The summed E-state index contributed by atoms with van der Waals surface area (Å²) >= 11 is 0. The van der Waals surface area contributed by atoms with Gasteiger partial charge in [-0.3, -0.25) is 9.88 Å². The van der Waals surface area contributed by atoms with Gasteiger partial charge in [-0.1, -0.05) is 29.8 Å². The number of nitrogens with zero attached hydrogens (tertiary/aromatic N) is 2. The number of benzene rings is 2. The molecule has 0 spiro atoms. The number of hydrogen-bond acceptors (Lipinski definition) is 5. The van der Waals surface area contributed by atoms with Crippen LogP contribution in [0.2, 0.25) is 0 Å². The van der Waals surface area contributed by atoms with Gasteiger partial charge in [0.15, 0.2) is 5.58 Å². The Kier molecular flexibility index (Phi) is 4.63. The minimum absolute atomic E-state index is 0.143. The van der Waals surface area contributed by atoms with Crippen LogP contribution in [0, 0.1) is 6.92 Å². The molecule has 1 aliphatic rings. The Labute approximate surface area is 157 Å². The molecule has 8 heteroatoms. The first-order chi connectivity index (χ1) is 12.9. The van der Waals surface area contributed by atoms with Gasteiger partial charge < -0.3 is 4.42 Å². The molecule has 1 saturated heterocycles. The van der Waals surface area contributed by atoms with Crippen LogP contribution in [0.15, 0.2) is 56.6 Å². The van der Waals surface area contributed by atoms with Gasteiger partial charge in [0.1, 0.15) is 0 Å². The first-order valence-electron chi connectivity index (χ1n) is 8.83. The van der Waals surface area contributed by atoms with Crippen molar-refractivity contribution in [1.29, 1.82) is 0 Å². The van der Waals surface area contributed by atoms with Crippen molar-refractivity contribution in [2.24, 2.45) is 0 Å². The van der Waals surface area contributed by atoms with E-state index in [0.717, 1.165) is 6.54 Å². The minimum Gasteiger partial charge on any atom is -0.408 e. The number of oxazole rings is 1. The summed E-state index contributed by atoms with van der Waals surface area (Å²) in [5.74, 6) is -0.593. The summed E-state index contributed by atoms with van der Waals surface area (Å²) in [6.45, 7) is 5.09. The van der Waals surface area contributed by atoms with E-state index in [2.05, 4.69) is 41.1 Å². The summed E-state index contributed by atoms with van der Waals surface area (Å²) in [6.07, 6.45) is 0. The monoisotopic (exact) mass is 387 g/mol. The van der Waals surface area contributed by atoms with E-state index in [9.17, 15) is 13.2 Å². The average molecular weight is 387 g/mol. The maximum absolute atomic E-state index is 12.9. The number of hydrogen-bond donors (Lipinski definition) is 1. The summed E-state index contributed by atoms with van der Waals surface area (Å²) in [5.41, 5.74) is 3.19. The molecule has 142 valence electrons. The number of aromatic amines is 1. The lowest BCUT2D eigenvalue weighted by Gasteiger charge is -2.34. The molecule has 1 fully saturated rings. The zero-order valence-corrected chi connectivity index (χ0v) is 15.8. The second-order valence-corrected chi connectivity index (χ2v) is 8.78. The number of H-pyrrole nitrogens is 1. The molecule has 1 aliphatic heterocycles. The molecular weight excluding hydrogens is 366 g/mol. The second-order valence-electron chi connectivity index (χ2n) is 6.84. The predicted molar refractivity (Wildman–Crippen MR) is 102 cm³/mol. The lowest BCUT2D eigenvalue weighted by molar-refractivity contribution is 0.181. The largest absolute Gasteiger partial charge is 0.417 e. The molecule has 7 nitrogen and oxygen atoms in total. The van der Waals surface area contributed by atoms with Gasteiger partial charge in [0.25, 0.3) is 0 Å². The molecule has 2 aromatic carbocycles. The number of rotatable bonds is 4. The van der Waals surface area contributed by atoms with E-state index < -0.39 is 15.8 Å². The summed E-state index contributed by atoms with van der Waals surface area (Å²) in [6, 6.07) is 12.9. The Balaban J connectivity index is 1.45. The van der Waals surface area contributed by atoms with Crippen molar-refractivity contribution in [3.05, 3.63) is 64.1 Å². The van der Waals surface area contributed by atoms with Gasteiger partial charge in [0, 0.05) is 38.8 Å². The van der Waals surface area contributed by atoms with Gasteiger partial charge >= 0.3 is 5.76 Å². The fourth-order valence-corrected chi connectivity index (χ4v) is 4.75. The molecule has 0 amide bonds. The molecular formula is C19H21N3O4S. The van der Waals surface area contributed by atoms with Crippen molar-refractivity contribution in [2.75, 3.05) is 26.2 Å². The zero-order chi connectivity index (χ0) is 19.0. The first-order valence-corrected chi connectivity index (χ1v) is 10.3. The van der Waals surface area contributed by atoms with E-state index in [1.807, 2.05) is 0 Å². The van der Waals surface area contributed by atoms with Crippen molar-refractivity contribution < 1.29 is 12.8 Å². The summed E-state index contributed by atoms with van der Waals surface area (Å²) in [7, 11) is -3.62. The summed E-state index contributed by atoms with van der Waals surface area (Å²) < 4.78 is 32.3. The summed E-state index contributed by atoms with van der Waals surface area (Å²) in [5, 5.41) is 0. The molecule has 0 aliphatic carbocycles. The molecule has 1 N–H and O–H groups in total. The Morgan fingerprint density at radius 3 is 2.44 bits per heavy atom. The highest BCUT2D eigenvalue weighted by molar-refractivity contribution is 7.89.